The normalized spacial score (nSPS) is 8.50. The number of nitrogens with zero attached hydrogens (tertiary/aromatic N) is 2. The Bertz CT molecular complexity index is 155. The number of hydrogen-bond donors (Lipinski definition) is 2. The molecule has 0 spiro atoms. The molecule has 0 aliphatic rings. The van der Waals surface area contributed by atoms with Gasteiger partial charge in [0.1, 0.15) is 0 Å². The van der Waals surface area contributed by atoms with Crippen molar-refractivity contribution >= 4 is 5.82 Å². The standard InChI is InChI=1S/C4H6N4/c1-2-5-4-3-6-8-7-4/h2-3H,1H2,(H2,5,6,7,8). The molecule has 0 saturated heterocycles. The zero-order chi connectivity index (χ0) is 5.82. The summed E-state index contributed by atoms with van der Waals surface area (Å²) >= 11 is 0. The monoisotopic (exact) mass is 110 g/mol. The summed E-state index contributed by atoms with van der Waals surface area (Å²) in [4.78, 5) is 0. The molecule has 0 fully saturated rings. The SMILES string of the molecule is C=CNc1cn[nH]n1. The lowest BCUT2D eigenvalue weighted by Crippen LogP contribution is -1.84. The predicted octanol–water partition coefficient (Wildman–Crippen LogP) is 0.360. The van der Waals surface area contributed by atoms with Crippen molar-refractivity contribution in [1.82, 2.24) is 15.4 Å². The smallest absolute Gasteiger partial charge is 0.172 e. The minimum Gasteiger partial charge on any atom is -0.344 e. The summed E-state index contributed by atoms with van der Waals surface area (Å²) < 4.78 is 0. The Balaban J connectivity index is 2.62. The molecule has 1 aromatic heterocycles. The van der Waals surface area contributed by atoms with Crippen molar-refractivity contribution < 1.29 is 0 Å². The first-order valence-electron chi connectivity index (χ1n) is 2.16. The number of rotatable bonds is 2. The first kappa shape index (κ1) is 4.83. The molecule has 42 valence electrons. The molecule has 0 unspecified atom stereocenters. The van der Waals surface area contributed by atoms with E-state index in [1.165, 1.54) is 6.20 Å². The van der Waals surface area contributed by atoms with E-state index >= 15 is 0 Å². The Morgan fingerprint density at radius 3 is 3.25 bits per heavy atom. The molecule has 0 bridgehead atoms. The fraction of sp³-hybridized carbons (Fsp3) is 0. The zero-order valence-electron chi connectivity index (χ0n) is 4.26. The predicted molar refractivity (Wildman–Crippen MR) is 30.2 cm³/mol. The van der Waals surface area contributed by atoms with Crippen LogP contribution in [-0.2, 0) is 0 Å². The molecule has 0 aromatic carbocycles. The molecule has 8 heavy (non-hydrogen) atoms. The molecule has 4 heteroatoms. The summed E-state index contributed by atoms with van der Waals surface area (Å²) in [6.45, 7) is 3.44. The maximum atomic E-state index is 3.69. The molecule has 0 aliphatic heterocycles. The van der Waals surface area contributed by atoms with Crippen molar-refractivity contribution in [3.05, 3.63) is 19.0 Å². The van der Waals surface area contributed by atoms with Gasteiger partial charge in [-0.3, -0.25) is 0 Å². The topological polar surface area (TPSA) is 53.6 Å². The second kappa shape index (κ2) is 2.11. The van der Waals surface area contributed by atoms with Gasteiger partial charge in [-0.15, -0.1) is 5.10 Å². The number of hydrogen-bond acceptors (Lipinski definition) is 3. The van der Waals surface area contributed by atoms with Crippen LogP contribution < -0.4 is 5.32 Å². The van der Waals surface area contributed by atoms with Crippen molar-refractivity contribution in [2.24, 2.45) is 0 Å². The van der Waals surface area contributed by atoms with E-state index < -0.39 is 0 Å². The van der Waals surface area contributed by atoms with E-state index in [9.17, 15) is 0 Å². The molecule has 2 N–H and O–H groups in total. The van der Waals surface area contributed by atoms with Crippen LogP contribution in [0.3, 0.4) is 0 Å². The maximum absolute atomic E-state index is 3.69. The number of aromatic amines is 1. The van der Waals surface area contributed by atoms with E-state index in [1.54, 1.807) is 6.20 Å². The van der Waals surface area contributed by atoms with Crippen LogP contribution in [0, 0.1) is 0 Å². The van der Waals surface area contributed by atoms with E-state index in [2.05, 4.69) is 27.3 Å². The molecular formula is C4H6N4. The summed E-state index contributed by atoms with van der Waals surface area (Å²) in [5, 5.41) is 12.4. The summed E-state index contributed by atoms with van der Waals surface area (Å²) in [7, 11) is 0. The highest BCUT2D eigenvalue weighted by molar-refractivity contribution is 5.31. The second-order valence-electron chi connectivity index (χ2n) is 1.20. The first-order valence-corrected chi connectivity index (χ1v) is 2.16. The third-order valence-electron chi connectivity index (χ3n) is 0.665. The lowest BCUT2D eigenvalue weighted by Gasteiger charge is -1.85. The van der Waals surface area contributed by atoms with Crippen LogP contribution in [0.1, 0.15) is 0 Å². The van der Waals surface area contributed by atoms with Crippen LogP contribution in [0.2, 0.25) is 0 Å². The molecule has 1 aromatic rings. The van der Waals surface area contributed by atoms with Gasteiger partial charge in [0.05, 0.1) is 6.20 Å². The Hall–Kier alpha value is -1.32. The van der Waals surface area contributed by atoms with Gasteiger partial charge < -0.3 is 5.32 Å². The molecular weight excluding hydrogens is 104 g/mol. The molecule has 0 radical (unpaired) electrons. The molecule has 0 atom stereocenters. The van der Waals surface area contributed by atoms with Crippen molar-refractivity contribution in [1.29, 1.82) is 0 Å². The van der Waals surface area contributed by atoms with Gasteiger partial charge in [-0.2, -0.15) is 10.3 Å². The van der Waals surface area contributed by atoms with E-state index in [0.717, 1.165) is 0 Å². The lowest BCUT2D eigenvalue weighted by molar-refractivity contribution is 0.942. The van der Waals surface area contributed by atoms with Gasteiger partial charge in [-0.25, -0.2) is 0 Å². The summed E-state index contributed by atoms with van der Waals surface area (Å²) in [6, 6.07) is 0. The lowest BCUT2D eigenvalue weighted by atomic mass is 10.7. The number of nitrogens with one attached hydrogen (secondary N) is 2. The van der Waals surface area contributed by atoms with Crippen LogP contribution >= 0.6 is 0 Å². The van der Waals surface area contributed by atoms with Gasteiger partial charge in [-0.05, 0) is 6.20 Å². The van der Waals surface area contributed by atoms with E-state index in [4.69, 9.17) is 0 Å². The number of aromatic nitrogens is 3. The van der Waals surface area contributed by atoms with E-state index in [1.807, 2.05) is 0 Å². The fourth-order valence-electron chi connectivity index (χ4n) is 0.376. The highest BCUT2D eigenvalue weighted by Gasteiger charge is 1.84. The Morgan fingerprint density at radius 2 is 2.75 bits per heavy atom. The van der Waals surface area contributed by atoms with Crippen LogP contribution in [0.15, 0.2) is 19.0 Å². The molecule has 0 saturated carbocycles. The van der Waals surface area contributed by atoms with Crippen LogP contribution in [0.4, 0.5) is 5.82 Å². The quantitative estimate of drug-likeness (QED) is 0.578. The molecule has 0 amide bonds. The molecule has 4 nitrogen and oxygen atoms in total. The number of H-pyrrole nitrogens is 1. The average molecular weight is 110 g/mol. The first-order chi connectivity index (χ1) is 3.93. The molecule has 0 aliphatic carbocycles. The van der Waals surface area contributed by atoms with Crippen molar-refractivity contribution in [2.75, 3.05) is 5.32 Å². The largest absolute Gasteiger partial charge is 0.344 e. The van der Waals surface area contributed by atoms with Gasteiger partial charge in [-0.1, -0.05) is 6.58 Å². The summed E-state index contributed by atoms with van der Waals surface area (Å²) in [6.07, 6.45) is 3.11. The van der Waals surface area contributed by atoms with Crippen LogP contribution in [-0.4, -0.2) is 15.4 Å². The third-order valence-corrected chi connectivity index (χ3v) is 0.665. The maximum Gasteiger partial charge on any atom is 0.172 e. The van der Waals surface area contributed by atoms with E-state index in [-0.39, 0.29) is 0 Å². The van der Waals surface area contributed by atoms with Crippen LogP contribution in [0.25, 0.3) is 0 Å². The fourth-order valence-corrected chi connectivity index (χ4v) is 0.376. The second-order valence-corrected chi connectivity index (χ2v) is 1.20. The minimum absolute atomic E-state index is 0.681. The molecule has 1 heterocycles. The van der Waals surface area contributed by atoms with Crippen LogP contribution in [0.5, 0.6) is 0 Å². The van der Waals surface area contributed by atoms with Gasteiger partial charge in [0.15, 0.2) is 5.82 Å². The average Bonchev–Trinajstić information content (AvgIpc) is 2.19. The van der Waals surface area contributed by atoms with Gasteiger partial charge in [0.25, 0.3) is 0 Å². The third kappa shape index (κ3) is 0.841. The van der Waals surface area contributed by atoms with Gasteiger partial charge >= 0.3 is 0 Å². The Kier molecular flexibility index (Phi) is 1.27. The van der Waals surface area contributed by atoms with Gasteiger partial charge in [0, 0.05) is 0 Å². The zero-order valence-corrected chi connectivity index (χ0v) is 4.26. The van der Waals surface area contributed by atoms with Crippen molar-refractivity contribution in [2.45, 2.75) is 0 Å². The minimum atomic E-state index is 0.681. The van der Waals surface area contributed by atoms with E-state index in [0.29, 0.717) is 5.82 Å². The van der Waals surface area contributed by atoms with Crippen molar-refractivity contribution in [3.8, 4) is 0 Å². The Morgan fingerprint density at radius 1 is 1.88 bits per heavy atom. The summed E-state index contributed by atoms with van der Waals surface area (Å²) in [5.41, 5.74) is 0. The summed E-state index contributed by atoms with van der Waals surface area (Å²) in [5.74, 6) is 0.681. The van der Waals surface area contributed by atoms with Crippen molar-refractivity contribution in [3.63, 3.8) is 0 Å². The van der Waals surface area contributed by atoms with Gasteiger partial charge in [0.2, 0.25) is 0 Å². The molecule has 1 rings (SSSR count). The Labute approximate surface area is 46.6 Å². The highest BCUT2D eigenvalue weighted by atomic mass is 15.3. The number of anilines is 1. The highest BCUT2D eigenvalue weighted by Crippen LogP contribution is 1.92.